The first-order valence-electron chi connectivity index (χ1n) is 5.37. The van der Waals surface area contributed by atoms with Gasteiger partial charge in [0, 0.05) is 41.3 Å². The third kappa shape index (κ3) is 2.46. The molecule has 1 amide bonds. The number of benzene rings is 1. The van der Waals surface area contributed by atoms with Gasteiger partial charge in [0.05, 0.1) is 10.5 Å². The molecular weight excluding hydrogens is 351 g/mol. The van der Waals surface area contributed by atoms with Gasteiger partial charge < -0.3 is 10.0 Å². The molecule has 96 valence electrons. The molecular formula is C11H11IN2O4. The van der Waals surface area contributed by atoms with E-state index in [1.54, 1.807) is 11.0 Å². The second-order valence-corrected chi connectivity index (χ2v) is 5.34. The summed E-state index contributed by atoms with van der Waals surface area (Å²) in [7, 11) is 0. The maximum atomic E-state index is 12.1. The number of nitrogens with zero attached hydrogens (tertiary/aromatic N) is 2. The van der Waals surface area contributed by atoms with Gasteiger partial charge in [-0.2, -0.15) is 0 Å². The molecule has 0 unspecified atom stereocenters. The standard InChI is InChI=1S/C11H11IN2O4/c12-10-2-1-8(14(17)18)3-9(10)11(16)13-4-7(5-13)6-15/h1-3,7,15H,4-6H2. The zero-order chi connectivity index (χ0) is 13.3. The van der Waals surface area contributed by atoms with Crippen molar-refractivity contribution >= 4 is 34.2 Å². The maximum absolute atomic E-state index is 12.1. The van der Waals surface area contributed by atoms with E-state index in [9.17, 15) is 14.9 Å². The number of hydrogen-bond acceptors (Lipinski definition) is 4. The number of non-ortho nitro benzene ring substituents is 1. The van der Waals surface area contributed by atoms with E-state index in [1.807, 2.05) is 22.6 Å². The van der Waals surface area contributed by atoms with Crippen molar-refractivity contribution in [2.24, 2.45) is 5.92 Å². The number of aliphatic hydroxyl groups is 1. The van der Waals surface area contributed by atoms with Crippen LogP contribution in [0.4, 0.5) is 5.69 Å². The Balaban J connectivity index is 2.20. The molecule has 7 heteroatoms. The number of aliphatic hydroxyl groups excluding tert-OH is 1. The third-order valence-electron chi connectivity index (χ3n) is 2.89. The summed E-state index contributed by atoms with van der Waals surface area (Å²) in [6.07, 6.45) is 0. The predicted octanol–water partition coefficient (Wildman–Crippen LogP) is 1.26. The number of nitro benzene ring substituents is 1. The van der Waals surface area contributed by atoms with Crippen LogP contribution in [-0.2, 0) is 0 Å². The van der Waals surface area contributed by atoms with Gasteiger partial charge in [0.25, 0.3) is 11.6 Å². The quantitative estimate of drug-likeness (QED) is 0.499. The SMILES string of the molecule is O=C(c1cc([N+](=O)[O-])ccc1I)N1CC(CO)C1. The Labute approximate surface area is 117 Å². The average Bonchev–Trinajstić information content (AvgIpc) is 2.27. The van der Waals surface area contributed by atoms with Crippen molar-refractivity contribution in [1.82, 2.24) is 4.90 Å². The van der Waals surface area contributed by atoms with Crippen LogP contribution in [0.5, 0.6) is 0 Å². The molecule has 1 aliphatic heterocycles. The lowest BCUT2D eigenvalue weighted by Gasteiger charge is -2.38. The minimum Gasteiger partial charge on any atom is -0.396 e. The zero-order valence-corrected chi connectivity index (χ0v) is 11.5. The smallest absolute Gasteiger partial charge is 0.270 e. The summed E-state index contributed by atoms with van der Waals surface area (Å²) < 4.78 is 0.690. The Bertz CT molecular complexity index is 500. The molecule has 1 saturated heterocycles. The molecule has 18 heavy (non-hydrogen) atoms. The number of carbonyl (C=O) groups excluding carboxylic acids is 1. The van der Waals surface area contributed by atoms with Gasteiger partial charge in [0.2, 0.25) is 0 Å². The van der Waals surface area contributed by atoms with E-state index in [-0.39, 0.29) is 24.1 Å². The Hall–Kier alpha value is -1.22. The normalized spacial score (nSPS) is 15.3. The second kappa shape index (κ2) is 5.19. The summed E-state index contributed by atoms with van der Waals surface area (Å²) in [5, 5.41) is 19.6. The first-order chi connectivity index (χ1) is 8.52. The molecule has 6 nitrogen and oxygen atoms in total. The molecule has 2 rings (SSSR count). The molecule has 1 N–H and O–H groups in total. The minimum atomic E-state index is -0.514. The van der Waals surface area contributed by atoms with E-state index >= 15 is 0 Å². The molecule has 1 aromatic carbocycles. The fraction of sp³-hybridized carbons (Fsp3) is 0.364. The predicted molar refractivity (Wildman–Crippen MR) is 72.3 cm³/mol. The van der Waals surface area contributed by atoms with Gasteiger partial charge >= 0.3 is 0 Å². The molecule has 0 aliphatic carbocycles. The van der Waals surface area contributed by atoms with Crippen LogP contribution in [0.25, 0.3) is 0 Å². The van der Waals surface area contributed by atoms with Crippen LogP contribution in [-0.4, -0.2) is 40.5 Å². The van der Waals surface area contributed by atoms with Gasteiger partial charge in [-0.1, -0.05) is 0 Å². The summed E-state index contributed by atoms with van der Waals surface area (Å²) in [4.78, 5) is 23.9. The van der Waals surface area contributed by atoms with Crippen LogP contribution in [0.3, 0.4) is 0 Å². The molecule has 0 saturated carbocycles. The Morgan fingerprint density at radius 1 is 1.56 bits per heavy atom. The van der Waals surface area contributed by atoms with Crippen LogP contribution in [0.1, 0.15) is 10.4 Å². The molecule has 1 heterocycles. The highest BCUT2D eigenvalue weighted by Gasteiger charge is 2.31. The van der Waals surface area contributed by atoms with Crippen molar-refractivity contribution in [3.05, 3.63) is 37.4 Å². The molecule has 0 spiro atoms. The molecule has 1 aromatic rings. The number of nitro groups is 1. The lowest BCUT2D eigenvalue weighted by Crippen LogP contribution is -2.51. The Kier molecular flexibility index (Phi) is 3.81. The van der Waals surface area contributed by atoms with Crippen LogP contribution in [0, 0.1) is 19.6 Å². The third-order valence-corrected chi connectivity index (χ3v) is 3.83. The van der Waals surface area contributed by atoms with Crippen molar-refractivity contribution in [2.45, 2.75) is 0 Å². The largest absolute Gasteiger partial charge is 0.396 e. The molecule has 1 aliphatic rings. The number of amides is 1. The van der Waals surface area contributed by atoms with Crippen LogP contribution in [0.15, 0.2) is 18.2 Å². The highest BCUT2D eigenvalue weighted by molar-refractivity contribution is 14.1. The average molecular weight is 362 g/mol. The van der Waals surface area contributed by atoms with Crippen molar-refractivity contribution in [3.63, 3.8) is 0 Å². The minimum absolute atomic E-state index is 0.0653. The fourth-order valence-electron chi connectivity index (χ4n) is 1.81. The number of likely N-dealkylation sites (tertiary alicyclic amines) is 1. The number of carbonyl (C=O) groups is 1. The Morgan fingerprint density at radius 3 is 2.78 bits per heavy atom. The van der Waals surface area contributed by atoms with Crippen molar-refractivity contribution in [1.29, 1.82) is 0 Å². The van der Waals surface area contributed by atoms with E-state index in [1.165, 1.54) is 12.1 Å². The number of halogens is 1. The van der Waals surface area contributed by atoms with E-state index in [0.717, 1.165) is 0 Å². The topological polar surface area (TPSA) is 83.7 Å². The van der Waals surface area contributed by atoms with Crippen LogP contribution >= 0.6 is 22.6 Å². The second-order valence-electron chi connectivity index (χ2n) is 4.18. The molecule has 0 aromatic heterocycles. The van der Waals surface area contributed by atoms with Crippen molar-refractivity contribution in [2.75, 3.05) is 19.7 Å². The van der Waals surface area contributed by atoms with Crippen molar-refractivity contribution in [3.8, 4) is 0 Å². The molecule has 0 radical (unpaired) electrons. The highest BCUT2D eigenvalue weighted by atomic mass is 127. The number of rotatable bonds is 3. The van der Waals surface area contributed by atoms with Gasteiger partial charge in [-0.25, -0.2) is 0 Å². The van der Waals surface area contributed by atoms with Gasteiger partial charge in [-0.15, -0.1) is 0 Å². The van der Waals surface area contributed by atoms with Gasteiger partial charge in [0.15, 0.2) is 0 Å². The van der Waals surface area contributed by atoms with Crippen molar-refractivity contribution < 1.29 is 14.8 Å². The molecule has 0 bridgehead atoms. The van der Waals surface area contributed by atoms with Gasteiger partial charge in [-0.05, 0) is 28.7 Å². The lowest BCUT2D eigenvalue weighted by atomic mass is 10.00. The lowest BCUT2D eigenvalue weighted by molar-refractivity contribution is -0.384. The summed E-state index contributed by atoms with van der Waals surface area (Å²) in [6.45, 7) is 1.08. The highest BCUT2D eigenvalue weighted by Crippen LogP contribution is 2.24. The van der Waals surface area contributed by atoms with Crippen LogP contribution < -0.4 is 0 Å². The summed E-state index contributed by atoms with van der Waals surface area (Å²) in [6, 6.07) is 4.25. The maximum Gasteiger partial charge on any atom is 0.270 e. The molecule has 0 atom stereocenters. The fourth-order valence-corrected chi connectivity index (χ4v) is 2.38. The van der Waals surface area contributed by atoms with Crippen LogP contribution in [0.2, 0.25) is 0 Å². The van der Waals surface area contributed by atoms with E-state index in [2.05, 4.69) is 0 Å². The van der Waals surface area contributed by atoms with E-state index in [0.29, 0.717) is 22.2 Å². The van der Waals surface area contributed by atoms with Gasteiger partial charge in [-0.3, -0.25) is 14.9 Å². The first-order valence-corrected chi connectivity index (χ1v) is 6.45. The zero-order valence-electron chi connectivity index (χ0n) is 9.38. The van der Waals surface area contributed by atoms with Gasteiger partial charge in [0.1, 0.15) is 0 Å². The molecule has 1 fully saturated rings. The van der Waals surface area contributed by atoms with E-state index in [4.69, 9.17) is 5.11 Å². The summed E-state index contributed by atoms with van der Waals surface area (Å²) in [5.41, 5.74) is 0.263. The monoisotopic (exact) mass is 362 g/mol. The number of hydrogen-bond donors (Lipinski definition) is 1. The summed E-state index contributed by atoms with van der Waals surface area (Å²) in [5.74, 6) is -0.0851. The Morgan fingerprint density at radius 2 is 2.22 bits per heavy atom. The first kappa shape index (κ1) is 13.2. The van der Waals surface area contributed by atoms with E-state index < -0.39 is 4.92 Å². The summed E-state index contributed by atoms with van der Waals surface area (Å²) >= 11 is 1.98.